The van der Waals surface area contributed by atoms with Gasteiger partial charge in [-0.25, -0.2) is 9.78 Å². The summed E-state index contributed by atoms with van der Waals surface area (Å²) in [6.07, 6.45) is 1.55. The lowest BCUT2D eigenvalue weighted by Crippen LogP contribution is -2.13. The molecule has 6 nitrogen and oxygen atoms in total. The predicted octanol–water partition coefficient (Wildman–Crippen LogP) is 3.65. The van der Waals surface area contributed by atoms with E-state index in [1.807, 2.05) is 12.1 Å². The molecule has 0 aliphatic heterocycles. The minimum Gasteiger partial charge on any atom is -0.478 e. The van der Waals surface area contributed by atoms with Crippen LogP contribution in [-0.4, -0.2) is 26.5 Å². The van der Waals surface area contributed by atoms with Crippen molar-refractivity contribution in [2.75, 3.05) is 5.32 Å². The SMILES string of the molecule is CC(C)c1ccc(C(=O)Nc2cc(C(=O)O)c3c(c2)ncn3C)cc1. The van der Waals surface area contributed by atoms with Crippen molar-refractivity contribution in [2.24, 2.45) is 7.05 Å². The number of benzene rings is 2. The number of hydrogen-bond acceptors (Lipinski definition) is 3. The van der Waals surface area contributed by atoms with Crippen LogP contribution in [0.5, 0.6) is 0 Å². The van der Waals surface area contributed by atoms with Crippen LogP contribution in [-0.2, 0) is 7.05 Å². The van der Waals surface area contributed by atoms with Crippen molar-refractivity contribution in [3.63, 3.8) is 0 Å². The maximum Gasteiger partial charge on any atom is 0.337 e. The van der Waals surface area contributed by atoms with Gasteiger partial charge in [-0.1, -0.05) is 26.0 Å². The predicted molar refractivity (Wildman–Crippen MR) is 96.2 cm³/mol. The van der Waals surface area contributed by atoms with Crippen LogP contribution in [0.1, 0.15) is 46.0 Å². The molecule has 3 rings (SSSR count). The number of carbonyl (C=O) groups is 2. The van der Waals surface area contributed by atoms with E-state index in [1.165, 1.54) is 6.07 Å². The Kier molecular flexibility index (Phi) is 4.27. The number of hydrogen-bond donors (Lipinski definition) is 2. The fraction of sp³-hybridized carbons (Fsp3) is 0.211. The van der Waals surface area contributed by atoms with Crippen LogP contribution in [0.15, 0.2) is 42.7 Å². The summed E-state index contributed by atoms with van der Waals surface area (Å²) >= 11 is 0. The van der Waals surface area contributed by atoms with Gasteiger partial charge in [0.15, 0.2) is 0 Å². The molecule has 0 bridgehead atoms. The first-order valence-electron chi connectivity index (χ1n) is 7.96. The van der Waals surface area contributed by atoms with E-state index >= 15 is 0 Å². The average Bonchev–Trinajstić information content (AvgIpc) is 2.95. The first-order chi connectivity index (χ1) is 11.9. The van der Waals surface area contributed by atoms with E-state index in [0.717, 1.165) is 5.56 Å². The van der Waals surface area contributed by atoms with E-state index in [1.54, 1.807) is 36.1 Å². The van der Waals surface area contributed by atoms with Crippen LogP contribution in [0.2, 0.25) is 0 Å². The van der Waals surface area contributed by atoms with Gasteiger partial charge in [0.25, 0.3) is 5.91 Å². The number of nitrogens with zero attached hydrogens (tertiary/aromatic N) is 2. The summed E-state index contributed by atoms with van der Waals surface area (Å²) in [5, 5.41) is 12.2. The number of rotatable bonds is 4. The van der Waals surface area contributed by atoms with Crippen LogP contribution < -0.4 is 5.32 Å². The van der Waals surface area contributed by atoms with Gasteiger partial charge in [0.1, 0.15) is 0 Å². The zero-order chi connectivity index (χ0) is 18.1. The Morgan fingerprint density at radius 1 is 1.16 bits per heavy atom. The largest absolute Gasteiger partial charge is 0.478 e. The van der Waals surface area contributed by atoms with Crippen LogP contribution >= 0.6 is 0 Å². The van der Waals surface area contributed by atoms with Gasteiger partial charge in [-0.05, 0) is 35.7 Å². The van der Waals surface area contributed by atoms with Gasteiger partial charge in [0, 0.05) is 18.3 Å². The Balaban J connectivity index is 1.92. The summed E-state index contributed by atoms with van der Waals surface area (Å²) in [6, 6.07) is 10.5. The summed E-state index contributed by atoms with van der Waals surface area (Å²) in [4.78, 5) is 28.1. The highest BCUT2D eigenvalue weighted by Gasteiger charge is 2.16. The molecule has 25 heavy (non-hydrogen) atoms. The highest BCUT2D eigenvalue weighted by molar-refractivity contribution is 6.08. The first-order valence-corrected chi connectivity index (χ1v) is 7.96. The second-order valence-corrected chi connectivity index (χ2v) is 6.28. The topological polar surface area (TPSA) is 84.2 Å². The second-order valence-electron chi connectivity index (χ2n) is 6.28. The summed E-state index contributed by atoms with van der Waals surface area (Å²) in [7, 11) is 1.73. The standard InChI is InChI=1S/C19H19N3O3/c1-11(2)12-4-6-13(7-5-12)18(23)21-14-8-15(19(24)25)17-16(9-14)20-10-22(17)3/h4-11H,1-3H3,(H,21,23)(H,24,25). The molecular formula is C19H19N3O3. The van der Waals surface area contributed by atoms with Crippen molar-refractivity contribution in [3.8, 4) is 0 Å². The van der Waals surface area contributed by atoms with Crippen molar-refractivity contribution >= 4 is 28.6 Å². The molecule has 1 aromatic heterocycles. The van der Waals surface area contributed by atoms with E-state index in [4.69, 9.17) is 0 Å². The lowest BCUT2D eigenvalue weighted by Gasteiger charge is -2.09. The monoisotopic (exact) mass is 337 g/mol. The molecule has 0 aliphatic rings. The Morgan fingerprint density at radius 2 is 1.84 bits per heavy atom. The maximum absolute atomic E-state index is 12.4. The molecule has 3 aromatic rings. The second kappa shape index (κ2) is 6.39. The minimum absolute atomic E-state index is 0.1000. The van der Waals surface area contributed by atoms with E-state index in [-0.39, 0.29) is 11.5 Å². The van der Waals surface area contributed by atoms with Crippen molar-refractivity contribution in [2.45, 2.75) is 19.8 Å². The van der Waals surface area contributed by atoms with Crippen LogP contribution in [0.4, 0.5) is 5.69 Å². The highest BCUT2D eigenvalue weighted by Crippen LogP contribution is 2.24. The smallest absolute Gasteiger partial charge is 0.337 e. The average molecular weight is 337 g/mol. The molecule has 1 amide bonds. The quantitative estimate of drug-likeness (QED) is 0.761. The van der Waals surface area contributed by atoms with E-state index in [9.17, 15) is 14.7 Å². The maximum atomic E-state index is 12.4. The molecule has 0 radical (unpaired) electrons. The number of amides is 1. The van der Waals surface area contributed by atoms with Gasteiger partial charge < -0.3 is 15.0 Å². The molecular weight excluding hydrogens is 318 g/mol. The van der Waals surface area contributed by atoms with Crippen LogP contribution in [0.3, 0.4) is 0 Å². The number of fused-ring (bicyclic) bond motifs is 1. The molecule has 0 fully saturated rings. The Bertz CT molecular complexity index is 956. The molecule has 6 heteroatoms. The summed E-state index contributed by atoms with van der Waals surface area (Å²) in [5.74, 6) is -0.963. The minimum atomic E-state index is -1.06. The van der Waals surface area contributed by atoms with Crippen LogP contribution in [0.25, 0.3) is 11.0 Å². The number of anilines is 1. The van der Waals surface area contributed by atoms with E-state index < -0.39 is 5.97 Å². The molecule has 2 aromatic carbocycles. The molecule has 0 atom stereocenters. The summed E-state index contributed by atoms with van der Waals surface area (Å²) in [6.45, 7) is 4.18. The highest BCUT2D eigenvalue weighted by atomic mass is 16.4. The Labute approximate surface area is 145 Å². The number of carboxylic acids is 1. The van der Waals surface area contributed by atoms with Gasteiger partial charge >= 0.3 is 5.97 Å². The van der Waals surface area contributed by atoms with E-state index in [2.05, 4.69) is 24.1 Å². The van der Waals surface area contributed by atoms with Gasteiger partial charge in [0.05, 0.1) is 22.9 Å². The van der Waals surface area contributed by atoms with E-state index in [0.29, 0.717) is 28.2 Å². The lowest BCUT2D eigenvalue weighted by atomic mass is 10.0. The van der Waals surface area contributed by atoms with Gasteiger partial charge in [-0.3, -0.25) is 4.79 Å². The van der Waals surface area contributed by atoms with Crippen molar-refractivity contribution < 1.29 is 14.7 Å². The molecule has 2 N–H and O–H groups in total. The third-order valence-corrected chi connectivity index (χ3v) is 4.14. The molecule has 128 valence electrons. The molecule has 0 saturated heterocycles. The fourth-order valence-electron chi connectivity index (χ4n) is 2.75. The van der Waals surface area contributed by atoms with Gasteiger partial charge in [0.2, 0.25) is 0 Å². The number of nitrogens with one attached hydrogen (secondary N) is 1. The first kappa shape index (κ1) is 16.7. The van der Waals surface area contributed by atoms with Gasteiger partial charge in [-0.2, -0.15) is 0 Å². The number of aromatic carboxylic acids is 1. The number of aryl methyl sites for hydroxylation is 1. The molecule has 0 spiro atoms. The number of aromatic nitrogens is 2. The van der Waals surface area contributed by atoms with Crippen molar-refractivity contribution in [1.82, 2.24) is 9.55 Å². The van der Waals surface area contributed by atoms with Gasteiger partial charge in [-0.15, -0.1) is 0 Å². The van der Waals surface area contributed by atoms with Crippen LogP contribution in [0, 0.1) is 0 Å². The molecule has 1 heterocycles. The van der Waals surface area contributed by atoms with Crippen molar-refractivity contribution in [1.29, 1.82) is 0 Å². The number of carbonyl (C=O) groups excluding carboxylic acids is 1. The molecule has 0 unspecified atom stereocenters. The summed E-state index contributed by atoms with van der Waals surface area (Å²) < 4.78 is 1.65. The third kappa shape index (κ3) is 3.24. The number of imidazole rings is 1. The lowest BCUT2D eigenvalue weighted by molar-refractivity contribution is 0.0698. The summed E-state index contributed by atoms with van der Waals surface area (Å²) in [5.41, 5.74) is 3.21. The fourth-order valence-corrected chi connectivity index (χ4v) is 2.75. The normalized spacial score (nSPS) is 11.0. The third-order valence-electron chi connectivity index (χ3n) is 4.14. The number of carboxylic acid groups (broad SMARTS) is 1. The Hall–Kier alpha value is -3.15. The zero-order valence-corrected chi connectivity index (χ0v) is 14.3. The zero-order valence-electron chi connectivity index (χ0n) is 14.3. The van der Waals surface area contributed by atoms with Crippen molar-refractivity contribution in [3.05, 3.63) is 59.4 Å². The Morgan fingerprint density at radius 3 is 2.44 bits per heavy atom. The molecule has 0 saturated carbocycles. The molecule has 0 aliphatic carbocycles.